The van der Waals surface area contributed by atoms with Crippen molar-refractivity contribution >= 4 is 23.1 Å². The molecular weight excluding hydrogens is 250 g/mol. The molecule has 0 atom stereocenters. The molecule has 0 N–H and O–H groups in total. The highest BCUT2D eigenvalue weighted by Gasteiger charge is 2.31. The van der Waals surface area contributed by atoms with E-state index in [1.807, 2.05) is 18.2 Å². The standard InChI is InChI=1S/C17H13NO2/c1-11-15-5-3-4-6-16(15)17(20)18(11)14-9-7-13(8-10-14)12(2)19/h3-10H,1H2,2H3. The van der Waals surface area contributed by atoms with E-state index in [0.717, 1.165) is 11.3 Å². The van der Waals surface area contributed by atoms with Crippen molar-refractivity contribution in [2.75, 3.05) is 4.90 Å². The number of ketones is 1. The molecule has 1 aliphatic heterocycles. The van der Waals surface area contributed by atoms with Crippen LogP contribution in [-0.2, 0) is 0 Å². The van der Waals surface area contributed by atoms with Gasteiger partial charge in [0.1, 0.15) is 0 Å². The quantitative estimate of drug-likeness (QED) is 0.777. The van der Waals surface area contributed by atoms with Crippen molar-refractivity contribution in [1.29, 1.82) is 0 Å². The summed E-state index contributed by atoms with van der Waals surface area (Å²) in [6, 6.07) is 14.4. The predicted molar refractivity (Wildman–Crippen MR) is 78.7 cm³/mol. The Kier molecular flexibility index (Phi) is 2.75. The molecule has 0 spiro atoms. The molecule has 98 valence electrons. The topological polar surface area (TPSA) is 37.4 Å². The van der Waals surface area contributed by atoms with E-state index in [-0.39, 0.29) is 11.7 Å². The molecule has 2 aromatic rings. The van der Waals surface area contributed by atoms with Crippen molar-refractivity contribution < 1.29 is 9.59 Å². The highest BCUT2D eigenvalue weighted by molar-refractivity contribution is 6.22. The minimum Gasteiger partial charge on any atom is -0.295 e. The molecule has 0 bridgehead atoms. The first-order valence-electron chi connectivity index (χ1n) is 6.33. The summed E-state index contributed by atoms with van der Waals surface area (Å²) in [6.07, 6.45) is 0. The van der Waals surface area contributed by atoms with Crippen LogP contribution >= 0.6 is 0 Å². The number of amides is 1. The Morgan fingerprint density at radius 3 is 2.15 bits per heavy atom. The second-order valence-electron chi connectivity index (χ2n) is 4.74. The van der Waals surface area contributed by atoms with E-state index in [1.54, 1.807) is 35.2 Å². The van der Waals surface area contributed by atoms with Crippen LogP contribution in [0.3, 0.4) is 0 Å². The molecule has 1 aliphatic rings. The number of hydrogen-bond donors (Lipinski definition) is 0. The van der Waals surface area contributed by atoms with E-state index in [4.69, 9.17) is 0 Å². The Morgan fingerprint density at radius 1 is 1.00 bits per heavy atom. The molecule has 20 heavy (non-hydrogen) atoms. The summed E-state index contributed by atoms with van der Waals surface area (Å²) >= 11 is 0. The summed E-state index contributed by atoms with van der Waals surface area (Å²) in [5, 5.41) is 0. The zero-order valence-corrected chi connectivity index (χ0v) is 11.1. The number of hydrogen-bond acceptors (Lipinski definition) is 2. The molecule has 0 aromatic heterocycles. The molecular formula is C17H13NO2. The van der Waals surface area contributed by atoms with Crippen molar-refractivity contribution in [1.82, 2.24) is 0 Å². The summed E-state index contributed by atoms with van der Waals surface area (Å²) in [5.74, 6) is -0.0763. The van der Waals surface area contributed by atoms with E-state index in [0.29, 0.717) is 16.8 Å². The van der Waals surface area contributed by atoms with Crippen molar-refractivity contribution in [2.24, 2.45) is 0 Å². The molecule has 0 saturated heterocycles. The van der Waals surface area contributed by atoms with Crippen LogP contribution < -0.4 is 4.90 Å². The normalized spacial score (nSPS) is 13.6. The van der Waals surface area contributed by atoms with Gasteiger partial charge in [-0.1, -0.05) is 24.8 Å². The summed E-state index contributed by atoms with van der Waals surface area (Å²) in [4.78, 5) is 25.3. The summed E-state index contributed by atoms with van der Waals surface area (Å²) in [5.41, 5.74) is 3.53. The molecule has 1 heterocycles. The van der Waals surface area contributed by atoms with Gasteiger partial charge in [-0.25, -0.2) is 0 Å². The predicted octanol–water partition coefficient (Wildman–Crippen LogP) is 3.52. The average molecular weight is 263 g/mol. The van der Waals surface area contributed by atoms with Gasteiger partial charge in [-0.15, -0.1) is 0 Å². The molecule has 2 aromatic carbocycles. The van der Waals surface area contributed by atoms with Crippen molar-refractivity contribution in [3.05, 3.63) is 71.8 Å². The fourth-order valence-corrected chi connectivity index (χ4v) is 2.40. The van der Waals surface area contributed by atoms with Gasteiger partial charge in [0.15, 0.2) is 5.78 Å². The maximum atomic E-state index is 12.4. The molecule has 3 nitrogen and oxygen atoms in total. The smallest absolute Gasteiger partial charge is 0.263 e. The van der Waals surface area contributed by atoms with Crippen LogP contribution in [0.5, 0.6) is 0 Å². The highest BCUT2D eigenvalue weighted by Crippen LogP contribution is 2.35. The van der Waals surface area contributed by atoms with Gasteiger partial charge < -0.3 is 0 Å². The van der Waals surface area contributed by atoms with E-state index >= 15 is 0 Å². The lowest BCUT2D eigenvalue weighted by molar-refractivity contribution is 0.100. The molecule has 0 radical (unpaired) electrons. The first kappa shape index (κ1) is 12.4. The van der Waals surface area contributed by atoms with E-state index < -0.39 is 0 Å². The Hall–Kier alpha value is -2.68. The van der Waals surface area contributed by atoms with Crippen molar-refractivity contribution in [3.8, 4) is 0 Å². The number of Topliss-reactive ketones (excluding diaryl/α,β-unsaturated/α-hetero) is 1. The van der Waals surface area contributed by atoms with Gasteiger partial charge >= 0.3 is 0 Å². The molecule has 3 rings (SSSR count). The van der Waals surface area contributed by atoms with Crippen molar-refractivity contribution in [2.45, 2.75) is 6.92 Å². The highest BCUT2D eigenvalue weighted by atomic mass is 16.2. The fourth-order valence-electron chi connectivity index (χ4n) is 2.40. The number of carbonyl (C=O) groups is 2. The maximum Gasteiger partial charge on any atom is 0.263 e. The van der Waals surface area contributed by atoms with Crippen LogP contribution in [0.25, 0.3) is 5.70 Å². The Bertz CT molecular complexity index is 694. The largest absolute Gasteiger partial charge is 0.295 e. The number of anilines is 1. The summed E-state index contributed by atoms with van der Waals surface area (Å²) < 4.78 is 0. The zero-order valence-electron chi connectivity index (χ0n) is 11.1. The van der Waals surface area contributed by atoms with E-state index in [1.165, 1.54) is 6.92 Å². The van der Waals surface area contributed by atoms with Crippen molar-refractivity contribution in [3.63, 3.8) is 0 Å². The Labute approximate surface area is 117 Å². The third-order valence-electron chi connectivity index (χ3n) is 3.47. The van der Waals surface area contributed by atoms with Crippen LogP contribution in [-0.4, -0.2) is 11.7 Å². The second-order valence-corrected chi connectivity index (χ2v) is 4.74. The number of nitrogens with zero attached hydrogens (tertiary/aromatic N) is 1. The first-order chi connectivity index (χ1) is 9.59. The van der Waals surface area contributed by atoms with Gasteiger partial charge in [0.2, 0.25) is 0 Å². The zero-order chi connectivity index (χ0) is 14.3. The van der Waals surface area contributed by atoms with Gasteiger partial charge in [0.25, 0.3) is 5.91 Å². The lowest BCUT2D eigenvalue weighted by Crippen LogP contribution is -2.21. The minimum atomic E-state index is -0.0822. The van der Waals surface area contributed by atoms with Gasteiger partial charge in [0.05, 0.1) is 5.70 Å². The lowest BCUT2D eigenvalue weighted by atomic mass is 10.1. The summed E-state index contributed by atoms with van der Waals surface area (Å²) in [6.45, 7) is 5.52. The molecule has 0 fully saturated rings. The molecule has 0 unspecified atom stereocenters. The average Bonchev–Trinajstić information content (AvgIpc) is 2.72. The lowest BCUT2D eigenvalue weighted by Gasteiger charge is -2.17. The molecule has 3 heteroatoms. The van der Waals surface area contributed by atoms with Gasteiger partial charge in [-0.05, 0) is 37.3 Å². The van der Waals surface area contributed by atoms with Gasteiger partial charge in [-0.3, -0.25) is 14.5 Å². The third kappa shape index (κ3) is 1.75. The number of rotatable bonds is 2. The fraction of sp³-hybridized carbons (Fsp3) is 0.0588. The monoisotopic (exact) mass is 263 g/mol. The first-order valence-corrected chi connectivity index (χ1v) is 6.33. The van der Waals surface area contributed by atoms with Crippen LogP contribution in [0.15, 0.2) is 55.1 Å². The van der Waals surface area contributed by atoms with Gasteiger partial charge in [0, 0.05) is 22.4 Å². The Balaban J connectivity index is 2.02. The second kappa shape index (κ2) is 4.46. The molecule has 0 saturated carbocycles. The van der Waals surface area contributed by atoms with Crippen LogP contribution in [0.2, 0.25) is 0 Å². The number of fused-ring (bicyclic) bond motifs is 1. The molecule has 0 aliphatic carbocycles. The SMILES string of the molecule is C=C1c2ccccc2C(=O)N1c1ccc(C(C)=O)cc1. The third-order valence-corrected chi connectivity index (χ3v) is 3.47. The van der Waals surface area contributed by atoms with Crippen LogP contribution in [0, 0.1) is 0 Å². The van der Waals surface area contributed by atoms with Crippen LogP contribution in [0.4, 0.5) is 5.69 Å². The van der Waals surface area contributed by atoms with E-state index in [2.05, 4.69) is 6.58 Å². The van der Waals surface area contributed by atoms with E-state index in [9.17, 15) is 9.59 Å². The summed E-state index contributed by atoms with van der Waals surface area (Å²) in [7, 11) is 0. The number of benzene rings is 2. The minimum absolute atomic E-state index is 0.00594. The van der Waals surface area contributed by atoms with Crippen LogP contribution in [0.1, 0.15) is 33.2 Å². The number of carbonyl (C=O) groups excluding carboxylic acids is 2. The molecule has 1 amide bonds. The van der Waals surface area contributed by atoms with Gasteiger partial charge in [-0.2, -0.15) is 0 Å². The Morgan fingerprint density at radius 2 is 1.60 bits per heavy atom. The maximum absolute atomic E-state index is 12.4.